The number of methoxy groups -OCH3 is 2. The molecule has 2 rings (SSSR count). The van der Waals surface area contributed by atoms with Gasteiger partial charge in [0.05, 0.1) is 14.2 Å². The molecule has 0 radical (unpaired) electrons. The van der Waals surface area contributed by atoms with Gasteiger partial charge >= 0.3 is 0 Å². The Balaban J connectivity index is 2.59. The van der Waals surface area contributed by atoms with Crippen LogP contribution in [0.3, 0.4) is 0 Å². The Hall–Kier alpha value is -1.27. The van der Waals surface area contributed by atoms with E-state index < -0.39 is 9.84 Å². The highest BCUT2D eigenvalue weighted by Crippen LogP contribution is 2.39. The maximum absolute atomic E-state index is 12.0. The highest BCUT2D eigenvalue weighted by molar-refractivity contribution is 7.90. The smallest absolute Gasteiger partial charge is 0.179 e. The number of hydrogen-bond acceptors (Lipinski definition) is 5. The van der Waals surface area contributed by atoms with Crippen LogP contribution in [0.5, 0.6) is 11.5 Å². The molecule has 1 aliphatic heterocycles. The van der Waals surface area contributed by atoms with Gasteiger partial charge in [-0.25, -0.2) is 8.42 Å². The van der Waals surface area contributed by atoms with Crippen molar-refractivity contribution < 1.29 is 17.9 Å². The van der Waals surface area contributed by atoms with Crippen LogP contribution in [0.1, 0.15) is 24.3 Å². The number of benzene rings is 1. The number of nitrogens with one attached hydrogen (secondary N) is 1. The maximum Gasteiger partial charge on any atom is 0.179 e. The minimum absolute atomic E-state index is 0.194. The Morgan fingerprint density at radius 2 is 2.00 bits per heavy atom. The van der Waals surface area contributed by atoms with Crippen molar-refractivity contribution in [2.45, 2.75) is 23.7 Å². The lowest BCUT2D eigenvalue weighted by molar-refractivity contribution is 0.373. The van der Waals surface area contributed by atoms with Gasteiger partial charge in [0, 0.05) is 30.3 Å². The fourth-order valence-corrected chi connectivity index (χ4v) is 3.50. The van der Waals surface area contributed by atoms with Gasteiger partial charge < -0.3 is 14.8 Å². The second-order valence-corrected chi connectivity index (χ2v) is 7.05. The number of piperidine rings is 1. The monoisotopic (exact) mass is 299 g/mol. The second-order valence-electron chi connectivity index (χ2n) is 5.06. The van der Waals surface area contributed by atoms with E-state index in [9.17, 15) is 8.42 Å². The van der Waals surface area contributed by atoms with E-state index in [1.54, 1.807) is 0 Å². The van der Waals surface area contributed by atoms with Gasteiger partial charge in [0.25, 0.3) is 0 Å². The van der Waals surface area contributed by atoms with E-state index in [1.807, 2.05) is 6.07 Å². The first-order valence-electron chi connectivity index (χ1n) is 6.64. The van der Waals surface area contributed by atoms with Crippen molar-refractivity contribution in [3.05, 3.63) is 17.7 Å². The lowest BCUT2D eigenvalue weighted by Crippen LogP contribution is -2.28. The van der Waals surface area contributed by atoms with Gasteiger partial charge in [-0.05, 0) is 25.5 Å². The summed E-state index contributed by atoms with van der Waals surface area (Å²) in [6.07, 6.45) is 3.27. The number of hydrogen-bond donors (Lipinski definition) is 1. The Morgan fingerprint density at radius 3 is 2.50 bits per heavy atom. The van der Waals surface area contributed by atoms with Gasteiger partial charge in [0.2, 0.25) is 0 Å². The molecule has 20 heavy (non-hydrogen) atoms. The zero-order valence-corrected chi connectivity index (χ0v) is 12.9. The summed E-state index contributed by atoms with van der Waals surface area (Å²) < 4.78 is 34.6. The molecule has 1 aromatic carbocycles. The van der Waals surface area contributed by atoms with Crippen molar-refractivity contribution in [2.75, 3.05) is 33.6 Å². The molecule has 1 saturated heterocycles. The number of ether oxygens (including phenoxy) is 2. The van der Waals surface area contributed by atoms with E-state index in [2.05, 4.69) is 5.32 Å². The second kappa shape index (κ2) is 6.01. The molecule has 1 fully saturated rings. The first-order valence-corrected chi connectivity index (χ1v) is 8.53. The summed E-state index contributed by atoms with van der Waals surface area (Å²) in [5.41, 5.74) is 0.902. The van der Waals surface area contributed by atoms with Crippen LogP contribution in [0.15, 0.2) is 17.0 Å². The summed E-state index contributed by atoms with van der Waals surface area (Å²) in [6, 6.07) is 3.40. The third-order valence-corrected chi connectivity index (χ3v) is 4.74. The van der Waals surface area contributed by atoms with Gasteiger partial charge in [0.1, 0.15) is 16.4 Å². The third kappa shape index (κ3) is 3.07. The Kier molecular flexibility index (Phi) is 4.55. The quantitative estimate of drug-likeness (QED) is 0.914. The predicted molar refractivity (Wildman–Crippen MR) is 77.5 cm³/mol. The fraction of sp³-hybridized carbons (Fsp3) is 0.571. The Labute approximate surface area is 120 Å². The summed E-state index contributed by atoms with van der Waals surface area (Å²) >= 11 is 0. The molecule has 5 nitrogen and oxygen atoms in total. The molecule has 0 amide bonds. The summed E-state index contributed by atoms with van der Waals surface area (Å²) in [5.74, 6) is 1.24. The van der Waals surface area contributed by atoms with Gasteiger partial charge in [-0.3, -0.25) is 0 Å². The lowest BCUT2D eigenvalue weighted by atomic mass is 9.91. The minimum atomic E-state index is -3.36. The molecule has 1 atom stereocenters. The van der Waals surface area contributed by atoms with Crippen LogP contribution in [-0.4, -0.2) is 42.0 Å². The third-order valence-electron chi connectivity index (χ3n) is 3.63. The normalized spacial score (nSPS) is 19.6. The van der Waals surface area contributed by atoms with Crippen LogP contribution in [0.4, 0.5) is 0 Å². The summed E-state index contributed by atoms with van der Waals surface area (Å²) in [7, 11) is -0.316. The highest BCUT2D eigenvalue weighted by atomic mass is 32.2. The lowest BCUT2D eigenvalue weighted by Gasteiger charge is -2.26. The van der Waals surface area contributed by atoms with E-state index in [0.717, 1.165) is 31.5 Å². The summed E-state index contributed by atoms with van der Waals surface area (Å²) in [4.78, 5) is 0.194. The Bertz CT molecular complexity index is 577. The zero-order valence-electron chi connectivity index (χ0n) is 12.1. The fourth-order valence-electron chi connectivity index (χ4n) is 2.63. The molecule has 0 spiro atoms. The average molecular weight is 299 g/mol. The van der Waals surface area contributed by atoms with Crippen molar-refractivity contribution in [3.8, 4) is 11.5 Å². The standard InChI is InChI=1S/C14H21NO4S/c1-18-11-7-12(10-5-4-6-15-9-10)14(19-2)13(8-11)20(3,16)17/h7-8,10,15H,4-6,9H2,1-3H3. The van der Waals surface area contributed by atoms with Crippen molar-refractivity contribution in [1.82, 2.24) is 5.32 Å². The highest BCUT2D eigenvalue weighted by Gasteiger charge is 2.25. The molecule has 112 valence electrons. The predicted octanol–water partition coefficient (Wildman–Crippen LogP) is 1.57. The largest absolute Gasteiger partial charge is 0.497 e. The first-order chi connectivity index (χ1) is 9.47. The molecule has 1 unspecified atom stereocenters. The average Bonchev–Trinajstić information content (AvgIpc) is 2.45. The molecule has 0 bridgehead atoms. The van der Waals surface area contributed by atoms with Gasteiger partial charge in [-0.1, -0.05) is 0 Å². The first kappa shape index (κ1) is 15.1. The van der Waals surface area contributed by atoms with Crippen molar-refractivity contribution in [1.29, 1.82) is 0 Å². The summed E-state index contributed by atoms with van der Waals surface area (Å²) in [6.45, 7) is 1.83. The molecule has 6 heteroatoms. The summed E-state index contributed by atoms with van der Waals surface area (Å²) in [5, 5.41) is 3.33. The van der Waals surface area contributed by atoms with Crippen LogP contribution in [0.2, 0.25) is 0 Å². The molecule has 1 aliphatic rings. The molecular weight excluding hydrogens is 278 g/mol. The van der Waals surface area contributed by atoms with Crippen LogP contribution in [0.25, 0.3) is 0 Å². The van der Waals surface area contributed by atoms with Crippen molar-refractivity contribution in [2.24, 2.45) is 0 Å². The topological polar surface area (TPSA) is 64.6 Å². The van der Waals surface area contributed by atoms with Crippen LogP contribution >= 0.6 is 0 Å². The van der Waals surface area contributed by atoms with E-state index in [0.29, 0.717) is 11.5 Å². The van der Waals surface area contributed by atoms with Crippen molar-refractivity contribution in [3.63, 3.8) is 0 Å². The van der Waals surface area contributed by atoms with Crippen LogP contribution < -0.4 is 14.8 Å². The van der Waals surface area contributed by atoms with Gasteiger partial charge in [0.15, 0.2) is 9.84 Å². The molecule has 0 aromatic heterocycles. The van der Waals surface area contributed by atoms with E-state index in [1.165, 1.54) is 26.5 Å². The molecule has 0 saturated carbocycles. The van der Waals surface area contributed by atoms with Crippen molar-refractivity contribution >= 4 is 9.84 Å². The van der Waals surface area contributed by atoms with Gasteiger partial charge in [-0.15, -0.1) is 0 Å². The minimum Gasteiger partial charge on any atom is -0.497 e. The van der Waals surface area contributed by atoms with Crippen LogP contribution in [0, 0.1) is 0 Å². The SMILES string of the molecule is COc1cc(C2CCCNC2)c(OC)c(S(C)(=O)=O)c1. The van der Waals surface area contributed by atoms with Crippen LogP contribution in [-0.2, 0) is 9.84 Å². The maximum atomic E-state index is 12.0. The Morgan fingerprint density at radius 1 is 1.25 bits per heavy atom. The van der Waals surface area contributed by atoms with E-state index in [4.69, 9.17) is 9.47 Å². The van der Waals surface area contributed by atoms with Gasteiger partial charge in [-0.2, -0.15) is 0 Å². The molecular formula is C14H21NO4S. The molecule has 1 aromatic rings. The molecule has 1 heterocycles. The van der Waals surface area contributed by atoms with E-state index >= 15 is 0 Å². The molecule has 0 aliphatic carbocycles. The van der Waals surface area contributed by atoms with E-state index in [-0.39, 0.29) is 10.8 Å². The number of sulfone groups is 1. The zero-order chi connectivity index (χ0) is 14.8. The molecule has 1 N–H and O–H groups in total. The number of rotatable bonds is 4.